The van der Waals surface area contributed by atoms with Crippen LogP contribution in [0, 0.1) is 11.8 Å². The van der Waals surface area contributed by atoms with Gasteiger partial charge in [-0.2, -0.15) is 0 Å². The molecule has 1 aliphatic heterocycles. The highest BCUT2D eigenvalue weighted by molar-refractivity contribution is 8.00. The lowest BCUT2D eigenvalue weighted by Gasteiger charge is -2.29. The average Bonchev–Trinajstić information content (AvgIpc) is 3.34. The second kappa shape index (κ2) is 23.3. The van der Waals surface area contributed by atoms with Gasteiger partial charge < -0.3 is 42.6 Å². The van der Waals surface area contributed by atoms with E-state index in [1.54, 1.807) is 6.92 Å². The van der Waals surface area contributed by atoms with E-state index >= 15 is 0 Å². The molecule has 0 aromatic heterocycles. The lowest BCUT2D eigenvalue weighted by atomic mass is 9.80. The molecule has 1 saturated carbocycles. The lowest BCUT2D eigenvalue weighted by molar-refractivity contribution is -0.139. The minimum atomic E-state index is -0.915. The first kappa shape index (κ1) is 42.0. The fraction of sp³-hybridized carbons (Fsp3) is 0.781. The number of unbranched alkanes of at least 4 members (excludes halogenated alkanes) is 1. The van der Waals surface area contributed by atoms with Crippen LogP contribution in [0.2, 0.25) is 0 Å². The maximum atomic E-state index is 12.9. The maximum Gasteiger partial charge on any atom is 0.242 e. The molecule has 3 atom stereocenters. The molecule has 16 nitrogen and oxygen atoms in total. The number of nitrogens with two attached hydrogens (primary N) is 3. The van der Waals surface area contributed by atoms with Crippen LogP contribution in [0.5, 0.6) is 0 Å². The normalized spacial score (nSPS) is 20.5. The Hall–Kier alpha value is -3.12. The second-order valence-electron chi connectivity index (χ2n) is 12.5. The van der Waals surface area contributed by atoms with Crippen LogP contribution in [0.1, 0.15) is 71.1 Å². The number of primary amides is 1. The first-order valence-corrected chi connectivity index (χ1v) is 18.2. The molecule has 0 aromatic carbocycles. The fourth-order valence-electron chi connectivity index (χ4n) is 5.63. The van der Waals surface area contributed by atoms with E-state index in [0.717, 1.165) is 25.7 Å². The molecule has 9 N–H and O–H groups in total. The zero-order valence-electron chi connectivity index (χ0n) is 28.6. The third-order valence-electron chi connectivity index (χ3n) is 8.56. The first-order chi connectivity index (χ1) is 23.4. The topological polar surface area (TPSA) is 255 Å². The number of carbonyl (C=O) groups excluding carboxylic acids is 7. The highest BCUT2D eigenvalue weighted by Crippen LogP contribution is 2.32. The van der Waals surface area contributed by atoms with Crippen LogP contribution in [0.15, 0.2) is 0 Å². The van der Waals surface area contributed by atoms with Gasteiger partial charge in [0, 0.05) is 57.1 Å². The van der Waals surface area contributed by atoms with Crippen LogP contribution in [-0.4, -0.2) is 122 Å². The van der Waals surface area contributed by atoms with Crippen LogP contribution in [0.25, 0.3) is 0 Å². The minimum Gasteiger partial charge on any atom is -0.378 e. The molecule has 0 bridgehead atoms. The number of hydrogen-bond donors (Lipinski definition) is 6. The zero-order chi connectivity index (χ0) is 36.2. The Balaban J connectivity index is 1.57. The maximum absolute atomic E-state index is 12.9. The number of nitrogens with one attached hydrogen (secondary N) is 3. The summed E-state index contributed by atoms with van der Waals surface area (Å²) in [6.07, 6.45) is 4.32. The Morgan fingerprint density at radius 1 is 0.918 bits per heavy atom. The van der Waals surface area contributed by atoms with Crippen molar-refractivity contribution in [3.05, 3.63) is 0 Å². The Morgan fingerprint density at radius 2 is 1.59 bits per heavy atom. The Bertz CT molecular complexity index is 1120. The number of imide groups is 1. The molecule has 2 aliphatic rings. The van der Waals surface area contributed by atoms with E-state index in [1.165, 1.54) is 16.7 Å². The molecule has 2 rings (SSSR count). The molecular weight excluding hydrogens is 658 g/mol. The molecule has 1 aliphatic carbocycles. The molecule has 1 heterocycles. The van der Waals surface area contributed by atoms with E-state index in [4.69, 9.17) is 26.7 Å². The summed E-state index contributed by atoms with van der Waals surface area (Å²) in [7, 11) is 0. The van der Waals surface area contributed by atoms with Gasteiger partial charge >= 0.3 is 0 Å². The van der Waals surface area contributed by atoms with Gasteiger partial charge in [0.05, 0.1) is 37.7 Å². The predicted molar refractivity (Wildman–Crippen MR) is 183 cm³/mol. The molecule has 1 unspecified atom stereocenters. The smallest absolute Gasteiger partial charge is 0.242 e. The average molecular weight is 714 g/mol. The van der Waals surface area contributed by atoms with Crippen molar-refractivity contribution >= 4 is 53.0 Å². The summed E-state index contributed by atoms with van der Waals surface area (Å²) in [5.74, 6) is -1.75. The molecule has 0 radical (unpaired) electrons. The van der Waals surface area contributed by atoms with Crippen LogP contribution in [0.3, 0.4) is 0 Å². The van der Waals surface area contributed by atoms with E-state index in [2.05, 4.69) is 16.0 Å². The number of ketones is 1. The van der Waals surface area contributed by atoms with Gasteiger partial charge in [-0.25, -0.2) is 0 Å². The van der Waals surface area contributed by atoms with Gasteiger partial charge in [0.15, 0.2) is 0 Å². The largest absolute Gasteiger partial charge is 0.378 e. The van der Waals surface area contributed by atoms with Crippen LogP contribution >= 0.6 is 11.8 Å². The third kappa shape index (κ3) is 16.4. The number of nitrogens with zero attached hydrogens (tertiary/aromatic N) is 1. The van der Waals surface area contributed by atoms with Crippen molar-refractivity contribution in [2.24, 2.45) is 29.0 Å². The monoisotopic (exact) mass is 713 g/mol. The first-order valence-electron chi connectivity index (χ1n) is 17.1. The van der Waals surface area contributed by atoms with Crippen molar-refractivity contribution in [1.29, 1.82) is 0 Å². The third-order valence-corrected chi connectivity index (χ3v) is 9.88. The molecule has 2 fully saturated rings. The molecule has 6 amide bonds. The summed E-state index contributed by atoms with van der Waals surface area (Å²) in [4.78, 5) is 87.0. The standard InChI is InChI=1S/C32H55N7O9S/c1-21(40)23-7-5-22(6-8-23)19-39-29(43)18-26(32(39)46)49-20-24(34)31(45)37-12-3-2-4-25(30(35)44)38-28(42)10-9-27(41)36-13-15-48-17-16-47-14-11-33/h22-26H,2-20,33-34H2,1H3,(H2,35,44)(H,36,41)(H,37,45)(H,38,42)/t22?,23?,24-,25+,26?/m1/s1. The summed E-state index contributed by atoms with van der Waals surface area (Å²) < 4.78 is 10.5. The number of likely N-dealkylation sites (tertiary alicyclic amines) is 1. The van der Waals surface area contributed by atoms with Crippen LogP contribution in [-0.2, 0) is 43.0 Å². The molecule has 0 aromatic rings. The second-order valence-corrected chi connectivity index (χ2v) is 13.7. The van der Waals surface area contributed by atoms with Gasteiger partial charge in [-0.05, 0) is 57.8 Å². The van der Waals surface area contributed by atoms with Crippen molar-refractivity contribution in [3.8, 4) is 0 Å². The van der Waals surface area contributed by atoms with Gasteiger partial charge in [-0.1, -0.05) is 0 Å². The van der Waals surface area contributed by atoms with Crippen LogP contribution in [0.4, 0.5) is 0 Å². The highest BCUT2D eigenvalue weighted by atomic mass is 32.2. The molecule has 278 valence electrons. The Labute approximate surface area is 292 Å². The summed E-state index contributed by atoms with van der Waals surface area (Å²) in [6.45, 7) is 4.53. The van der Waals surface area contributed by atoms with Crippen molar-refractivity contribution in [3.63, 3.8) is 0 Å². The number of ether oxygens (including phenoxy) is 2. The molecule has 17 heteroatoms. The predicted octanol–water partition coefficient (Wildman–Crippen LogP) is -1.29. The number of hydrogen-bond acceptors (Lipinski definition) is 12. The highest BCUT2D eigenvalue weighted by Gasteiger charge is 2.40. The lowest BCUT2D eigenvalue weighted by Crippen LogP contribution is -2.45. The molecule has 0 spiro atoms. The van der Waals surface area contributed by atoms with E-state index in [1.807, 2.05) is 0 Å². The fourth-order valence-corrected chi connectivity index (χ4v) is 6.75. The number of Topliss-reactive ketones (excluding diaryl/α,β-unsaturated/α-hetero) is 1. The van der Waals surface area contributed by atoms with Gasteiger partial charge in [0.2, 0.25) is 35.4 Å². The number of amides is 6. The summed E-state index contributed by atoms with van der Waals surface area (Å²) >= 11 is 1.20. The summed E-state index contributed by atoms with van der Waals surface area (Å²) in [6, 6.07) is -1.80. The quantitative estimate of drug-likeness (QED) is 0.0478. The van der Waals surface area contributed by atoms with E-state index < -0.39 is 35.1 Å². The molecular formula is C32H55N7O9S. The Kier molecular flexibility index (Phi) is 20.0. The number of thioether (sulfide) groups is 1. The van der Waals surface area contributed by atoms with Crippen molar-refractivity contribution in [2.75, 3.05) is 58.4 Å². The summed E-state index contributed by atoms with van der Waals surface area (Å²) in [5, 5.41) is 7.36. The number of carbonyl (C=O) groups is 7. The van der Waals surface area contributed by atoms with Gasteiger partial charge in [-0.3, -0.25) is 38.5 Å². The van der Waals surface area contributed by atoms with E-state index in [9.17, 15) is 33.6 Å². The summed E-state index contributed by atoms with van der Waals surface area (Å²) in [5.41, 5.74) is 16.8. The zero-order valence-corrected chi connectivity index (χ0v) is 29.4. The van der Waals surface area contributed by atoms with E-state index in [0.29, 0.717) is 52.4 Å². The Morgan fingerprint density at radius 3 is 2.24 bits per heavy atom. The van der Waals surface area contributed by atoms with E-state index in [-0.39, 0.29) is 79.9 Å². The molecule has 49 heavy (non-hydrogen) atoms. The van der Waals surface area contributed by atoms with Gasteiger partial charge in [0.25, 0.3) is 0 Å². The van der Waals surface area contributed by atoms with Gasteiger partial charge in [-0.15, -0.1) is 11.8 Å². The van der Waals surface area contributed by atoms with Crippen molar-refractivity contribution < 1.29 is 43.0 Å². The number of rotatable bonds is 25. The van der Waals surface area contributed by atoms with Gasteiger partial charge in [0.1, 0.15) is 11.8 Å². The van der Waals surface area contributed by atoms with Crippen LogP contribution < -0.4 is 33.2 Å². The van der Waals surface area contributed by atoms with Crippen molar-refractivity contribution in [2.45, 2.75) is 88.5 Å². The van der Waals surface area contributed by atoms with Crippen molar-refractivity contribution in [1.82, 2.24) is 20.9 Å². The SMILES string of the molecule is CC(=O)C1CCC(CN2C(=O)CC(SC[C@@H](N)C(=O)NCCCC[C@H](NC(=O)CCC(=O)NCCOCCOCCN)C(N)=O)C2=O)CC1. The minimum absolute atomic E-state index is 0.0606. The molecule has 1 saturated heterocycles.